The second-order valence-electron chi connectivity index (χ2n) is 5.44. The van der Waals surface area contributed by atoms with Gasteiger partial charge in [-0.05, 0) is 25.8 Å². The Morgan fingerprint density at radius 3 is 2.91 bits per heavy atom. The lowest BCUT2D eigenvalue weighted by atomic mass is 10.1. The molecule has 0 aromatic heterocycles. The topological polar surface area (TPSA) is 106 Å². The fourth-order valence-electron chi connectivity index (χ4n) is 2.50. The van der Waals surface area contributed by atoms with E-state index in [4.69, 9.17) is 4.74 Å². The summed E-state index contributed by atoms with van der Waals surface area (Å²) in [4.78, 5) is 22.2. The van der Waals surface area contributed by atoms with Gasteiger partial charge in [-0.2, -0.15) is 0 Å². The molecule has 1 aliphatic heterocycles. The molecule has 1 saturated heterocycles. The predicted octanol–water partition coefficient (Wildman–Crippen LogP) is 1.87. The number of para-hydroxylation sites is 2. The molecule has 1 aromatic rings. The normalized spacial score (nSPS) is 18.2. The molecule has 0 spiro atoms. The molecule has 126 valence electrons. The first-order chi connectivity index (χ1) is 11.1. The van der Waals surface area contributed by atoms with Crippen LogP contribution in [0.5, 0.6) is 0 Å². The Labute approximate surface area is 134 Å². The number of benzene rings is 1. The molecule has 2 rings (SSSR count). The van der Waals surface area contributed by atoms with Gasteiger partial charge in [0, 0.05) is 25.8 Å². The largest absolute Gasteiger partial charge is 0.378 e. The number of nitrogens with one attached hydrogen (secondary N) is 3. The van der Waals surface area contributed by atoms with Gasteiger partial charge in [-0.15, -0.1) is 0 Å². The van der Waals surface area contributed by atoms with Crippen molar-refractivity contribution in [3.63, 3.8) is 0 Å². The second-order valence-corrected chi connectivity index (χ2v) is 5.44. The Balaban J connectivity index is 1.69. The van der Waals surface area contributed by atoms with Gasteiger partial charge in [0.1, 0.15) is 5.69 Å². The molecule has 8 nitrogen and oxygen atoms in total. The lowest BCUT2D eigenvalue weighted by Crippen LogP contribution is -2.46. The van der Waals surface area contributed by atoms with E-state index in [-0.39, 0.29) is 23.9 Å². The number of rotatable bonds is 7. The fourth-order valence-corrected chi connectivity index (χ4v) is 2.50. The van der Waals surface area contributed by atoms with Crippen LogP contribution in [0.3, 0.4) is 0 Å². The highest BCUT2D eigenvalue weighted by Gasteiger charge is 2.23. The number of nitro benzene ring substituents is 1. The highest BCUT2D eigenvalue weighted by atomic mass is 16.6. The van der Waals surface area contributed by atoms with Gasteiger partial charge in [0.05, 0.1) is 17.1 Å². The van der Waals surface area contributed by atoms with E-state index in [9.17, 15) is 14.9 Å². The fraction of sp³-hybridized carbons (Fsp3) is 0.533. The third kappa shape index (κ3) is 5.10. The maximum Gasteiger partial charge on any atom is 0.315 e. The quantitative estimate of drug-likeness (QED) is 0.404. The molecular formula is C15H22N4O4. The Morgan fingerprint density at radius 1 is 1.43 bits per heavy atom. The van der Waals surface area contributed by atoms with Crippen LogP contribution in [0, 0.1) is 10.1 Å². The number of anilines is 1. The van der Waals surface area contributed by atoms with Gasteiger partial charge in [-0.25, -0.2) is 4.79 Å². The lowest BCUT2D eigenvalue weighted by Gasteiger charge is -2.20. The number of amides is 2. The van der Waals surface area contributed by atoms with Crippen LogP contribution in [-0.4, -0.2) is 42.8 Å². The first-order valence-corrected chi connectivity index (χ1v) is 7.71. The SMILES string of the molecule is CC(NC(=O)NCCNc1ccccc1[N+](=O)[O-])C1CCCO1. The molecule has 23 heavy (non-hydrogen) atoms. The number of nitrogens with zero attached hydrogens (tertiary/aromatic N) is 1. The van der Waals surface area contributed by atoms with E-state index in [1.807, 2.05) is 6.92 Å². The minimum absolute atomic E-state index is 0.0176. The molecule has 1 fully saturated rings. The number of nitro groups is 1. The van der Waals surface area contributed by atoms with Gasteiger partial charge in [-0.1, -0.05) is 12.1 Å². The van der Waals surface area contributed by atoms with Crippen molar-refractivity contribution in [2.24, 2.45) is 0 Å². The van der Waals surface area contributed by atoms with Crippen LogP contribution in [0.4, 0.5) is 16.2 Å². The lowest BCUT2D eigenvalue weighted by molar-refractivity contribution is -0.384. The zero-order valence-electron chi connectivity index (χ0n) is 13.1. The van der Waals surface area contributed by atoms with Crippen molar-refractivity contribution in [2.75, 3.05) is 25.0 Å². The molecule has 0 aliphatic carbocycles. The predicted molar refractivity (Wildman–Crippen MR) is 86.6 cm³/mol. The van der Waals surface area contributed by atoms with Crippen LogP contribution in [0.25, 0.3) is 0 Å². The van der Waals surface area contributed by atoms with E-state index in [1.165, 1.54) is 6.07 Å². The molecule has 1 aromatic carbocycles. The van der Waals surface area contributed by atoms with E-state index < -0.39 is 4.92 Å². The van der Waals surface area contributed by atoms with Gasteiger partial charge in [0.15, 0.2) is 0 Å². The molecule has 2 unspecified atom stereocenters. The summed E-state index contributed by atoms with van der Waals surface area (Å²) >= 11 is 0. The van der Waals surface area contributed by atoms with E-state index in [1.54, 1.807) is 18.2 Å². The van der Waals surface area contributed by atoms with Crippen LogP contribution in [0.1, 0.15) is 19.8 Å². The van der Waals surface area contributed by atoms with E-state index in [2.05, 4.69) is 16.0 Å². The minimum Gasteiger partial charge on any atom is -0.378 e. The maximum absolute atomic E-state index is 11.8. The maximum atomic E-state index is 11.8. The van der Waals surface area contributed by atoms with Crippen molar-refractivity contribution < 1.29 is 14.5 Å². The van der Waals surface area contributed by atoms with E-state index in [0.717, 1.165) is 19.4 Å². The monoisotopic (exact) mass is 322 g/mol. The molecule has 0 bridgehead atoms. The molecule has 0 saturated carbocycles. The summed E-state index contributed by atoms with van der Waals surface area (Å²) in [6, 6.07) is 6.10. The van der Waals surface area contributed by atoms with Crippen molar-refractivity contribution >= 4 is 17.4 Å². The van der Waals surface area contributed by atoms with E-state index in [0.29, 0.717) is 18.8 Å². The number of carbonyl (C=O) groups excluding carboxylic acids is 1. The van der Waals surface area contributed by atoms with Crippen LogP contribution in [-0.2, 0) is 4.74 Å². The third-order valence-corrected chi connectivity index (χ3v) is 3.71. The third-order valence-electron chi connectivity index (χ3n) is 3.71. The van der Waals surface area contributed by atoms with Gasteiger partial charge in [0.2, 0.25) is 0 Å². The van der Waals surface area contributed by atoms with Crippen LogP contribution in [0.15, 0.2) is 24.3 Å². The zero-order chi connectivity index (χ0) is 16.7. The van der Waals surface area contributed by atoms with Crippen LogP contribution < -0.4 is 16.0 Å². The summed E-state index contributed by atoms with van der Waals surface area (Å²) < 4.78 is 5.52. The van der Waals surface area contributed by atoms with Gasteiger partial charge in [-0.3, -0.25) is 10.1 Å². The number of carbonyl (C=O) groups is 1. The Bertz CT molecular complexity index is 546. The molecule has 2 amide bonds. The number of urea groups is 1. The first-order valence-electron chi connectivity index (χ1n) is 7.71. The Morgan fingerprint density at radius 2 is 2.22 bits per heavy atom. The zero-order valence-corrected chi connectivity index (χ0v) is 13.1. The summed E-state index contributed by atoms with van der Waals surface area (Å²) in [5.74, 6) is 0. The standard InChI is InChI=1S/C15H22N4O4/c1-11(14-7-4-10-23-14)18-15(20)17-9-8-16-12-5-2-3-6-13(12)19(21)22/h2-3,5-6,11,14,16H,4,7-10H2,1H3,(H2,17,18,20). The molecule has 2 atom stereocenters. The van der Waals surface area contributed by atoms with E-state index >= 15 is 0 Å². The number of ether oxygens (including phenoxy) is 1. The summed E-state index contributed by atoms with van der Waals surface area (Å²) in [6.07, 6.45) is 2.06. The molecule has 1 aliphatic rings. The summed E-state index contributed by atoms with van der Waals surface area (Å²) in [5.41, 5.74) is 0.455. The molecule has 8 heteroatoms. The summed E-state index contributed by atoms with van der Waals surface area (Å²) in [5, 5.41) is 19.4. The highest BCUT2D eigenvalue weighted by Crippen LogP contribution is 2.22. The first kappa shape index (κ1) is 17.0. The molecular weight excluding hydrogens is 300 g/mol. The van der Waals surface area contributed by atoms with Crippen molar-refractivity contribution in [1.29, 1.82) is 0 Å². The number of hydrogen-bond acceptors (Lipinski definition) is 5. The molecule has 3 N–H and O–H groups in total. The summed E-state index contributed by atoms with van der Waals surface area (Å²) in [7, 11) is 0. The Hall–Kier alpha value is -2.35. The van der Waals surface area contributed by atoms with Gasteiger partial charge >= 0.3 is 6.03 Å². The average Bonchev–Trinajstić information content (AvgIpc) is 3.06. The van der Waals surface area contributed by atoms with Crippen molar-refractivity contribution in [3.05, 3.63) is 34.4 Å². The van der Waals surface area contributed by atoms with Crippen molar-refractivity contribution in [2.45, 2.75) is 31.9 Å². The summed E-state index contributed by atoms with van der Waals surface area (Å²) in [6.45, 7) is 3.42. The minimum atomic E-state index is -0.439. The van der Waals surface area contributed by atoms with Crippen molar-refractivity contribution in [1.82, 2.24) is 10.6 Å². The van der Waals surface area contributed by atoms with Gasteiger partial charge in [0.25, 0.3) is 5.69 Å². The number of hydrogen-bond donors (Lipinski definition) is 3. The molecule has 0 radical (unpaired) electrons. The van der Waals surface area contributed by atoms with Crippen LogP contribution in [0.2, 0.25) is 0 Å². The highest BCUT2D eigenvalue weighted by molar-refractivity contribution is 5.74. The second kappa shape index (κ2) is 8.33. The molecule has 1 heterocycles. The van der Waals surface area contributed by atoms with Crippen LogP contribution >= 0.6 is 0 Å². The average molecular weight is 322 g/mol. The smallest absolute Gasteiger partial charge is 0.315 e. The Kier molecular flexibility index (Phi) is 6.16. The van der Waals surface area contributed by atoms with Gasteiger partial charge < -0.3 is 20.7 Å². The van der Waals surface area contributed by atoms with Crippen molar-refractivity contribution in [3.8, 4) is 0 Å².